The molecule has 0 saturated carbocycles. The summed E-state index contributed by atoms with van der Waals surface area (Å²) in [6, 6.07) is 25.4. The van der Waals surface area contributed by atoms with Gasteiger partial charge in [-0.3, -0.25) is 0 Å². The molecule has 4 aromatic carbocycles. The van der Waals surface area contributed by atoms with E-state index < -0.39 is 31.3 Å². The molecule has 0 aliphatic carbocycles. The van der Waals surface area contributed by atoms with Crippen LogP contribution in [0.15, 0.2) is 72.8 Å². The molecule has 0 saturated heterocycles. The summed E-state index contributed by atoms with van der Waals surface area (Å²) >= 11 is 0. The molecule has 0 radical (unpaired) electrons. The number of aliphatic hydroxyl groups excluding tert-OH is 3. The van der Waals surface area contributed by atoms with Crippen molar-refractivity contribution in [1.29, 1.82) is 0 Å². The fourth-order valence-electron chi connectivity index (χ4n) is 7.29. The van der Waals surface area contributed by atoms with Crippen LogP contribution in [0.5, 0.6) is 5.75 Å². The molecule has 0 aliphatic rings. The van der Waals surface area contributed by atoms with Gasteiger partial charge < -0.3 is 20.1 Å². The van der Waals surface area contributed by atoms with Gasteiger partial charge in [-0.15, -0.1) is 0 Å². The summed E-state index contributed by atoms with van der Waals surface area (Å²) in [5.74, 6) is 0.632. The largest absolute Gasteiger partial charge is 0.484 e. The Morgan fingerprint density at radius 2 is 0.824 bits per heavy atom. The Labute approximate surface area is 308 Å². The van der Waals surface area contributed by atoms with Crippen LogP contribution in [0.1, 0.15) is 128 Å². The van der Waals surface area contributed by atoms with Crippen molar-refractivity contribution in [3.63, 3.8) is 0 Å². The summed E-state index contributed by atoms with van der Waals surface area (Å²) in [4.78, 5) is 0. The van der Waals surface area contributed by atoms with Crippen LogP contribution in [0, 0.1) is 19.3 Å². The summed E-state index contributed by atoms with van der Waals surface area (Å²) < 4.78 is 7.25. The molecule has 276 valence electrons. The van der Waals surface area contributed by atoms with Crippen molar-refractivity contribution in [2.24, 2.45) is 5.41 Å². The van der Waals surface area contributed by atoms with Crippen LogP contribution < -0.4 is 4.74 Å². The summed E-state index contributed by atoms with van der Waals surface area (Å²) in [5, 5.41) is 33.2. The first kappa shape index (κ1) is 40.3. The predicted octanol–water partition coefficient (Wildman–Crippen LogP) is 10.9. The highest BCUT2D eigenvalue weighted by molar-refractivity contribution is 5.80. The minimum atomic E-state index is -1.40. The van der Waals surface area contributed by atoms with Gasteiger partial charge in [0.1, 0.15) is 11.9 Å². The van der Waals surface area contributed by atoms with Crippen molar-refractivity contribution < 1.29 is 20.1 Å². The molecule has 0 bridgehead atoms. The molecule has 3 N–H and O–H groups in total. The minimum Gasteiger partial charge on any atom is -0.484 e. The van der Waals surface area contributed by atoms with Gasteiger partial charge in [-0.2, -0.15) is 0 Å². The first-order valence-corrected chi connectivity index (χ1v) is 18.5. The van der Waals surface area contributed by atoms with E-state index in [0.29, 0.717) is 5.75 Å². The number of hydrogen-bond acceptors (Lipinski definition) is 4. The predicted molar refractivity (Wildman–Crippen MR) is 215 cm³/mol. The third kappa shape index (κ3) is 8.30. The van der Waals surface area contributed by atoms with Gasteiger partial charge in [0.15, 0.2) is 0 Å². The highest BCUT2D eigenvalue weighted by Gasteiger charge is 2.43. The van der Waals surface area contributed by atoms with Crippen LogP contribution in [0.4, 0.5) is 0 Å². The molecule has 1 unspecified atom stereocenters. The summed E-state index contributed by atoms with van der Waals surface area (Å²) in [6.07, 6.45) is -0.904. The maximum Gasteiger partial charge on any atom is 0.137 e. The number of rotatable bonds is 9. The van der Waals surface area contributed by atoms with Crippen molar-refractivity contribution in [2.45, 2.75) is 125 Å². The highest BCUT2D eigenvalue weighted by Crippen LogP contribution is 2.50. The number of ether oxygens (including phenoxy) is 1. The fourth-order valence-corrected chi connectivity index (χ4v) is 7.29. The van der Waals surface area contributed by atoms with Crippen molar-refractivity contribution in [2.75, 3.05) is 19.8 Å². The molecule has 1 atom stereocenters. The number of aryl methyl sites for hydroxylation is 2. The Morgan fingerprint density at radius 1 is 0.490 bits per heavy atom. The molecule has 0 aromatic heterocycles. The second-order valence-corrected chi connectivity index (χ2v) is 18.9. The van der Waals surface area contributed by atoms with Gasteiger partial charge in [0, 0.05) is 11.1 Å². The average molecular weight is 693 g/mol. The van der Waals surface area contributed by atoms with E-state index in [1.807, 2.05) is 36.4 Å². The number of benzene rings is 4. The van der Waals surface area contributed by atoms with E-state index in [0.717, 1.165) is 27.8 Å². The molecule has 0 spiro atoms. The molecule has 51 heavy (non-hydrogen) atoms. The lowest BCUT2D eigenvalue weighted by Crippen LogP contribution is -2.43. The Balaban J connectivity index is 2.13. The monoisotopic (exact) mass is 692 g/mol. The second-order valence-electron chi connectivity index (χ2n) is 18.9. The van der Waals surface area contributed by atoms with E-state index in [1.54, 1.807) is 0 Å². The lowest BCUT2D eigenvalue weighted by atomic mass is 9.71. The minimum absolute atomic E-state index is 0.163. The van der Waals surface area contributed by atoms with Crippen LogP contribution >= 0.6 is 0 Å². The molecular weight excluding hydrogens is 629 g/mol. The zero-order valence-electron chi connectivity index (χ0n) is 33.9. The summed E-state index contributed by atoms with van der Waals surface area (Å²) in [6.45, 7) is 29.8. The van der Waals surface area contributed by atoms with Crippen molar-refractivity contribution in [3.05, 3.63) is 112 Å². The fraction of sp³-hybridized carbons (Fsp3) is 0.489. The average Bonchev–Trinajstić information content (AvgIpc) is 3.03. The van der Waals surface area contributed by atoms with Gasteiger partial charge in [-0.25, -0.2) is 0 Å². The molecule has 0 amide bonds. The van der Waals surface area contributed by atoms with Gasteiger partial charge >= 0.3 is 0 Å². The van der Waals surface area contributed by atoms with Crippen molar-refractivity contribution >= 4 is 0 Å². The Bertz CT molecular complexity index is 1750. The van der Waals surface area contributed by atoms with Gasteiger partial charge in [-0.1, -0.05) is 161 Å². The maximum atomic E-state index is 11.1. The van der Waals surface area contributed by atoms with Crippen LogP contribution in [0.3, 0.4) is 0 Å². The third-order valence-electron chi connectivity index (χ3n) is 10.2. The van der Waals surface area contributed by atoms with Crippen LogP contribution in [0.2, 0.25) is 0 Å². The summed E-state index contributed by atoms with van der Waals surface area (Å²) in [5.41, 5.74) is 10.2. The summed E-state index contributed by atoms with van der Waals surface area (Å²) in [7, 11) is 0. The zero-order chi connectivity index (χ0) is 38.3. The molecule has 0 aliphatic heterocycles. The molecule has 4 heteroatoms. The molecule has 4 rings (SSSR count). The van der Waals surface area contributed by atoms with E-state index in [2.05, 4.69) is 133 Å². The third-order valence-corrected chi connectivity index (χ3v) is 10.2. The number of aliphatic hydroxyl groups is 3. The van der Waals surface area contributed by atoms with Crippen molar-refractivity contribution in [1.82, 2.24) is 0 Å². The first-order valence-electron chi connectivity index (χ1n) is 18.5. The van der Waals surface area contributed by atoms with Crippen molar-refractivity contribution in [3.8, 4) is 28.0 Å². The number of hydrogen-bond donors (Lipinski definition) is 3. The SMILES string of the molecule is Cc1cc(C(C)(C)C)c(-c2ccccc2OC(c2ccccc2-c2c(C(C)(C)C)cc(C)cc2C(C)(C)C)C(CO)(CO)CO)c(C(C)(C)C)c1. The highest BCUT2D eigenvalue weighted by atomic mass is 16.5. The standard InChI is InChI=1S/C47H64O4/c1-30-23-35(43(3,4)5)40(36(24-30)44(6,7)8)32-19-15-16-20-33(32)42(47(27-48,28-49)29-50)51-39-22-18-17-21-34(39)41-37(45(9,10)11)25-31(2)26-38(41)46(12,13)14/h15-26,42,48-50H,27-29H2,1-14H3. The van der Waals surface area contributed by atoms with E-state index in [9.17, 15) is 15.3 Å². The van der Waals surface area contributed by atoms with E-state index >= 15 is 0 Å². The Morgan fingerprint density at radius 3 is 1.20 bits per heavy atom. The first-order chi connectivity index (χ1) is 23.5. The zero-order valence-corrected chi connectivity index (χ0v) is 33.9. The molecule has 4 aromatic rings. The van der Waals surface area contributed by atoms with E-state index in [-0.39, 0.29) is 21.7 Å². The van der Waals surface area contributed by atoms with Crippen LogP contribution in [-0.4, -0.2) is 35.1 Å². The Hall–Kier alpha value is -3.44. The van der Waals surface area contributed by atoms with Crippen LogP contribution in [-0.2, 0) is 21.7 Å². The topological polar surface area (TPSA) is 69.9 Å². The van der Waals surface area contributed by atoms with Gasteiger partial charge in [0.05, 0.1) is 25.2 Å². The molecule has 0 fully saturated rings. The normalized spacial score (nSPS) is 13.7. The second kappa shape index (κ2) is 14.5. The van der Waals surface area contributed by atoms with E-state index in [4.69, 9.17) is 4.74 Å². The van der Waals surface area contributed by atoms with E-state index in [1.165, 1.54) is 33.4 Å². The maximum absolute atomic E-state index is 11.1. The van der Waals surface area contributed by atoms with Gasteiger partial charge in [-0.05, 0) is 80.5 Å². The molecule has 0 heterocycles. The van der Waals surface area contributed by atoms with Gasteiger partial charge in [0.25, 0.3) is 0 Å². The molecule has 4 nitrogen and oxygen atoms in total. The smallest absolute Gasteiger partial charge is 0.137 e. The Kier molecular flexibility index (Phi) is 11.5. The van der Waals surface area contributed by atoms with Crippen LogP contribution in [0.25, 0.3) is 22.3 Å². The quantitative estimate of drug-likeness (QED) is 0.163. The lowest BCUT2D eigenvalue weighted by molar-refractivity contribution is -0.0738. The van der Waals surface area contributed by atoms with Gasteiger partial charge in [0.2, 0.25) is 0 Å². The molecular formula is C47H64O4. The lowest BCUT2D eigenvalue weighted by Gasteiger charge is -2.39. The number of para-hydroxylation sites is 1.